The molecule has 1 fully saturated rings. The van der Waals surface area contributed by atoms with Crippen molar-refractivity contribution < 1.29 is 33.1 Å². The number of rotatable bonds is 8. The molecule has 1 aliphatic rings. The molecule has 4 rings (SSSR count). The maximum atomic E-state index is 13.0. The number of barbiturate groups is 1. The topological polar surface area (TPSA) is 127 Å². The van der Waals surface area contributed by atoms with Crippen LogP contribution in [0.2, 0.25) is 0 Å². The lowest BCUT2D eigenvalue weighted by molar-refractivity contribution is -0.130. The van der Waals surface area contributed by atoms with Gasteiger partial charge in [0.25, 0.3) is 17.7 Å². The molecule has 10 nitrogen and oxygen atoms in total. The van der Waals surface area contributed by atoms with E-state index in [2.05, 4.69) is 26.6 Å². The van der Waals surface area contributed by atoms with Gasteiger partial charge in [0.05, 0.1) is 19.9 Å². The quantitative estimate of drug-likeness (QED) is 0.310. The fraction of sp³-hybridized carbons (Fsp3) is 0.154. The Hall–Kier alpha value is -4.38. The van der Waals surface area contributed by atoms with Gasteiger partial charge in [-0.15, -0.1) is 0 Å². The number of nitrogens with zero attached hydrogens (tertiary/aromatic N) is 1. The number of benzene rings is 2. The number of methoxy groups -OCH3 is 1. The van der Waals surface area contributed by atoms with Gasteiger partial charge in [-0.1, -0.05) is 33.6 Å². The number of imide groups is 2. The summed E-state index contributed by atoms with van der Waals surface area (Å²) in [5.41, 5.74) is 1.88. The predicted molar refractivity (Wildman–Crippen MR) is 137 cm³/mol. The summed E-state index contributed by atoms with van der Waals surface area (Å²) in [6, 6.07) is 12.8. The van der Waals surface area contributed by atoms with Crippen molar-refractivity contribution in [3.8, 4) is 11.5 Å². The third-order valence-corrected chi connectivity index (χ3v) is 6.04. The number of furan rings is 1. The second kappa shape index (κ2) is 11.1. The van der Waals surface area contributed by atoms with Crippen molar-refractivity contribution in [2.45, 2.75) is 13.5 Å². The first-order chi connectivity index (χ1) is 17.7. The lowest BCUT2D eigenvalue weighted by atomic mass is 10.1. The van der Waals surface area contributed by atoms with Crippen LogP contribution in [-0.4, -0.2) is 42.4 Å². The number of aryl methyl sites for hydroxylation is 1. The Labute approximate surface area is 220 Å². The summed E-state index contributed by atoms with van der Waals surface area (Å²) in [6.07, 6.45) is 2.75. The van der Waals surface area contributed by atoms with E-state index in [-0.39, 0.29) is 36.1 Å². The number of amides is 5. The van der Waals surface area contributed by atoms with Crippen LogP contribution in [0.15, 0.2) is 69.3 Å². The Morgan fingerprint density at radius 3 is 2.57 bits per heavy atom. The van der Waals surface area contributed by atoms with Crippen LogP contribution in [0.1, 0.15) is 16.9 Å². The highest BCUT2D eigenvalue weighted by atomic mass is 79.9. The molecule has 0 aliphatic carbocycles. The molecule has 11 heteroatoms. The summed E-state index contributed by atoms with van der Waals surface area (Å²) in [5.74, 6) is -1.05. The molecular weight excluding hydrogens is 546 g/mol. The Morgan fingerprint density at radius 1 is 1.14 bits per heavy atom. The van der Waals surface area contributed by atoms with Gasteiger partial charge in [0.2, 0.25) is 0 Å². The number of nitrogens with one attached hydrogen (secondary N) is 2. The number of anilines is 1. The fourth-order valence-corrected chi connectivity index (χ4v) is 3.90. The molecule has 190 valence electrons. The van der Waals surface area contributed by atoms with Crippen molar-refractivity contribution in [2.24, 2.45) is 0 Å². The molecule has 2 N–H and O–H groups in total. The molecule has 0 atom stereocenters. The lowest BCUT2D eigenvalue weighted by Gasteiger charge is -2.25. The molecule has 3 aromatic rings. The zero-order valence-electron chi connectivity index (χ0n) is 19.9. The summed E-state index contributed by atoms with van der Waals surface area (Å²) >= 11 is 3.40. The number of urea groups is 1. The molecule has 0 saturated carbocycles. The highest BCUT2D eigenvalue weighted by molar-refractivity contribution is 9.10. The standard InChI is InChI=1S/C26H22BrN3O7/c1-15-5-7-17(8-6-15)28-23(31)14-37-22-12-20(27)16(11-21(22)35-2)10-19-24(32)29-26(34)30(25(19)33)13-18-4-3-9-36-18/h3-12H,13-14H2,1-2H3,(H,28,31)(H,29,32,34)/b19-10+. The molecule has 5 amide bonds. The first-order valence-corrected chi connectivity index (χ1v) is 11.8. The highest BCUT2D eigenvalue weighted by Crippen LogP contribution is 2.35. The molecule has 2 aromatic carbocycles. The van der Waals surface area contributed by atoms with E-state index in [4.69, 9.17) is 13.9 Å². The van der Waals surface area contributed by atoms with Crippen molar-refractivity contribution in [3.63, 3.8) is 0 Å². The molecule has 2 heterocycles. The number of halogens is 1. The van der Waals surface area contributed by atoms with E-state index in [1.165, 1.54) is 25.5 Å². The number of hydrogen-bond acceptors (Lipinski definition) is 7. The number of hydrogen-bond donors (Lipinski definition) is 2. The molecule has 1 saturated heterocycles. The highest BCUT2D eigenvalue weighted by Gasteiger charge is 2.36. The maximum absolute atomic E-state index is 13.0. The van der Waals surface area contributed by atoms with Crippen LogP contribution in [-0.2, 0) is 20.9 Å². The van der Waals surface area contributed by atoms with E-state index in [9.17, 15) is 19.2 Å². The van der Waals surface area contributed by atoms with Crippen LogP contribution in [0.3, 0.4) is 0 Å². The first kappa shape index (κ1) is 25.7. The zero-order chi connectivity index (χ0) is 26.5. The van der Waals surface area contributed by atoms with Crippen LogP contribution in [0.4, 0.5) is 10.5 Å². The molecule has 0 radical (unpaired) electrons. The Morgan fingerprint density at radius 2 is 1.89 bits per heavy atom. The molecule has 0 bridgehead atoms. The fourth-order valence-electron chi connectivity index (χ4n) is 3.46. The molecule has 1 aromatic heterocycles. The number of carbonyl (C=O) groups is 4. The zero-order valence-corrected chi connectivity index (χ0v) is 21.5. The Kier molecular flexibility index (Phi) is 7.73. The van der Waals surface area contributed by atoms with Gasteiger partial charge in [0.15, 0.2) is 18.1 Å². The second-order valence-corrected chi connectivity index (χ2v) is 8.87. The van der Waals surface area contributed by atoms with Gasteiger partial charge < -0.3 is 19.2 Å². The Bertz CT molecular complexity index is 1380. The van der Waals surface area contributed by atoms with Gasteiger partial charge in [-0.2, -0.15) is 0 Å². The third kappa shape index (κ3) is 6.07. The van der Waals surface area contributed by atoms with Crippen LogP contribution in [0.25, 0.3) is 6.08 Å². The maximum Gasteiger partial charge on any atom is 0.331 e. The smallest absolute Gasteiger partial charge is 0.331 e. The minimum absolute atomic E-state index is 0.135. The summed E-state index contributed by atoms with van der Waals surface area (Å²) in [6.45, 7) is 1.54. The minimum atomic E-state index is -0.840. The summed E-state index contributed by atoms with van der Waals surface area (Å²) < 4.78 is 16.7. The molecular formula is C26H22BrN3O7. The monoisotopic (exact) mass is 567 g/mol. The van der Waals surface area contributed by atoms with Gasteiger partial charge in [-0.05, 0) is 55.0 Å². The lowest BCUT2D eigenvalue weighted by Crippen LogP contribution is -2.53. The normalized spacial score (nSPS) is 14.5. The van der Waals surface area contributed by atoms with E-state index in [0.717, 1.165) is 10.5 Å². The average molecular weight is 568 g/mol. The van der Waals surface area contributed by atoms with Gasteiger partial charge in [-0.3, -0.25) is 24.6 Å². The van der Waals surface area contributed by atoms with E-state index < -0.39 is 17.8 Å². The van der Waals surface area contributed by atoms with Gasteiger partial charge in [0.1, 0.15) is 11.3 Å². The van der Waals surface area contributed by atoms with Crippen molar-refractivity contribution in [1.82, 2.24) is 10.2 Å². The summed E-state index contributed by atoms with van der Waals surface area (Å²) in [5, 5.41) is 4.90. The third-order valence-electron chi connectivity index (χ3n) is 5.36. The van der Waals surface area contributed by atoms with Gasteiger partial charge in [-0.25, -0.2) is 4.79 Å². The number of ether oxygens (including phenoxy) is 2. The van der Waals surface area contributed by atoms with Crippen LogP contribution in [0, 0.1) is 6.92 Å². The second-order valence-electron chi connectivity index (χ2n) is 8.02. The molecule has 0 unspecified atom stereocenters. The van der Waals surface area contributed by atoms with E-state index in [1.807, 2.05) is 19.1 Å². The first-order valence-electron chi connectivity index (χ1n) is 11.0. The largest absolute Gasteiger partial charge is 0.493 e. The molecule has 37 heavy (non-hydrogen) atoms. The van der Waals surface area contributed by atoms with E-state index >= 15 is 0 Å². The van der Waals surface area contributed by atoms with E-state index in [1.54, 1.807) is 30.3 Å². The molecule has 0 spiro atoms. The number of carbonyl (C=O) groups excluding carboxylic acids is 4. The van der Waals surface area contributed by atoms with Crippen molar-refractivity contribution in [1.29, 1.82) is 0 Å². The minimum Gasteiger partial charge on any atom is -0.493 e. The van der Waals surface area contributed by atoms with Crippen LogP contribution in [0.5, 0.6) is 11.5 Å². The summed E-state index contributed by atoms with van der Waals surface area (Å²) in [7, 11) is 1.42. The van der Waals surface area contributed by atoms with Crippen molar-refractivity contribution in [3.05, 3.63) is 81.7 Å². The Balaban J connectivity index is 1.51. The SMILES string of the molecule is COc1cc(/C=C2\C(=O)NC(=O)N(Cc3ccco3)C2=O)c(Br)cc1OCC(=O)Nc1ccc(C)cc1. The predicted octanol–water partition coefficient (Wildman–Crippen LogP) is 4.04. The van der Waals surface area contributed by atoms with E-state index in [0.29, 0.717) is 21.5 Å². The van der Waals surface area contributed by atoms with Crippen molar-refractivity contribution >= 4 is 51.4 Å². The van der Waals surface area contributed by atoms with Gasteiger partial charge in [0, 0.05) is 10.2 Å². The van der Waals surface area contributed by atoms with Crippen LogP contribution < -0.4 is 20.1 Å². The van der Waals surface area contributed by atoms with Crippen molar-refractivity contribution in [2.75, 3.05) is 19.0 Å². The molecule has 1 aliphatic heterocycles. The van der Waals surface area contributed by atoms with Gasteiger partial charge >= 0.3 is 6.03 Å². The van der Waals surface area contributed by atoms with Crippen LogP contribution >= 0.6 is 15.9 Å². The average Bonchev–Trinajstić information content (AvgIpc) is 3.39. The summed E-state index contributed by atoms with van der Waals surface area (Å²) in [4.78, 5) is 50.9.